The van der Waals surface area contributed by atoms with Crippen LogP contribution in [0.3, 0.4) is 0 Å². The van der Waals surface area contributed by atoms with Crippen molar-refractivity contribution < 1.29 is 9.53 Å². The van der Waals surface area contributed by atoms with E-state index in [9.17, 15) is 4.79 Å². The number of likely N-dealkylation sites (N-methyl/N-ethyl adjacent to an activating group) is 1. The van der Waals surface area contributed by atoms with Crippen LogP contribution in [0.2, 0.25) is 0 Å². The number of morpholine rings is 1. The summed E-state index contributed by atoms with van der Waals surface area (Å²) >= 11 is 0. The Labute approximate surface area is 140 Å². The van der Waals surface area contributed by atoms with Crippen molar-refractivity contribution in [2.75, 3.05) is 46.4 Å². The fourth-order valence-electron chi connectivity index (χ4n) is 3.36. The number of carbonyl (C=O) groups is 1. The molecule has 1 amide bonds. The van der Waals surface area contributed by atoms with E-state index in [1.54, 1.807) is 0 Å². The van der Waals surface area contributed by atoms with Crippen molar-refractivity contribution in [2.45, 2.75) is 37.6 Å². The first-order chi connectivity index (χ1) is 9.27. The second kappa shape index (κ2) is 10.6. The van der Waals surface area contributed by atoms with Crippen LogP contribution in [0.4, 0.5) is 0 Å². The number of rotatable bonds is 6. The molecule has 0 spiro atoms. The average molecular weight is 342 g/mol. The zero-order chi connectivity index (χ0) is 13.6. The number of nitrogens with zero attached hydrogens (tertiary/aromatic N) is 1. The first-order valence-electron chi connectivity index (χ1n) is 7.51. The van der Waals surface area contributed by atoms with E-state index in [0.29, 0.717) is 13.0 Å². The van der Waals surface area contributed by atoms with Gasteiger partial charge >= 0.3 is 0 Å². The summed E-state index contributed by atoms with van der Waals surface area (Å²) in [6.45, 7) is 5.12. The van der Waals surface area contributed by atoms with Crippen molar-refractivity contribution in [3.05, 3.63) is 0 Å². The molecule has 1 aliphatic carbocycles. The van der Waals surface area contributed by atoms with Crippen molar-refractivity contribution in [2.24, 2.45) is 0 Å². The highest BCUT2D eigenvalue weighted by atomic mass is 35.5. The van der Waals surface area contributed by atoms with Gasteiger partial charge in [-0.25, -0.2) is 0 Å². The summed E-state index contributed by atoms with van der Waals surface area (Å²) in [5.74, 6) is 0.198. The minimum Gasteiger partial charge on any atom is -0.379 e. The Morgan fingerprint density at radius 1 is 1.14 bits per heavy atom. The highest BCUT2D eigenvalue weighted by molar-refractivity contribution is 5.85. The molecule has 1 saturated heterocycles. The minimum absolute atomic E-state index is 0. The predicted molar refractivity (Wildman–Crippen MR) is 89.6 cm³/mol. The Hall–Kier alpha value is -0.0700. The van der Waals surface area contributed by atoms with E-state index in [1.165, 1.54) is 12.8 Å². The molecule has 0 aromatic rings. The minimum atomic E-state index is 0. The normalized spacial score (nSPS) is 21.2. The molecule has 2 rings (SSSR count). The third-order valence-electron chi connectivity index (χ3n) is 4.40. The highest BCUT2D eigenvalue weighted by Crippen LogP contribution is 2.38. The zero-order valence-electron chi connectivity index (χ0n) is 12.9. The van der Waals surface area contributed by atoms with Crippen LogP contribution in [0.15, 0.2) is 0 Å². The Balaban J connectivity index is 0.00000200. The van der Waals surface area contributed by atoms with Gasteiger partial charge in [-0.15, -0.1) is 24.8 Å². The first kappa shape index (κ1) is 20.9. The number of carbonyl (C=O) groups excluding carboxylic acids is 1. The van der Waals surface area contributed by atoms with Crippen molar-refractivity contribution in [3.8, 4) is 0 Å². The van der Waals surface area contributed by atoms with Crippen molar-refractivity contribution in [1.29, 1.82) is 0 Å². The molecule has 2 fully saturated rings. The second-order valence-electron chi connectivity index (χ2n) is 5.66. The Kier molecular flexibility index (Phi) is 10.6. The molecule has 0 aromatic heterocycles. The maximum absolute atomic E-state index is 12.1. The maximum atomic E-state index is 12.1. The predicted octanol–water partition coefficient (Wildman–Crippen LogP) is 1.20. The summed E-state index contributed by atoms with van der Waals surface area (Å²) < 4.78 is 5.44. The summed E-state index contributed by atoms with van der Waals surface area (Å²) in [6, 6.07) is 0. The second-order valence-corrected chi connectivity index (χ2v) is 5.66. The molecule has 2 N–H and O–H groups in total. The van der Waals surface area contributed by atoms with E-state index >= 15 is 0 Å². The molecule has 126 valence electrons. The SMILES string of the molecule is CNCCNC(=O)CC1(N2CCOCC2)CCCC1.Cl.Cl. The van der Waals surface area contributed by atoms with E-state index < -0.39 is 0 Å². The quantitative estimate of drug-likeness (QED) is 0.713. The summed E-state index contributed by atoms with van der Waals surface area (Å²) in [5.41, 5.74) is 0.105. The first-order valence-corrected chi connectivity index (χ1v) is 7.51. The lowest BCUT2D eigenvalue weighted by Gasteiger charge is -2.43. The van der Waals surface area contributed by atoms with Crippen LogP contribution >= 0.6 is 24.8 Å². The topological polar surface area (TPSA) is 53.6 Å². The molecule has 5 nitrogen and oxygen atoms in total. The molecule has 1 aliphatic heterocycles. The molecule has 0 atom stereocenters. The van der Waals surface area contributed by atoms with E-state index in [2.05, 4.69) is 15.5 Å². The number of amides is 1. The molecule has 21 heavy (non-hydrogen) atoms. The molecule has 0 bridgehead atoms. The van der Waals surface area contributed by atoms with E-state index in [0.717, 1.165) is 45.7 Å². The lowest BCUT2D eigenvalue weighted by atomic mass is 9.90. The van der Waals surface area contributed by atoms with Gasteiger partial charge in [-0.2, -0.15) is 0 Å². The van der Waals surface area contributed by atoms with E-state index in [1.807, 2.05) is 7.05 Å². The molecular formula is C14H29Cl2N3O2. The zero-order valence-corrected chi connectivity index (χ0v) is 14.5. The third-order valence-corrected chi connectivity index (χ3v) is 4.40. The molecule has 0 unspecified atom stereocenters. The number of nitrogens with one attached hydrogen (secondary N) is 2. The Morgan fingerprint density at radius 2 is 1.76 bits per heavy atom. The van der Waals surface area contributed by atoms with Crippen LogP contribution in [0.1, 0.15) is 32.1 Å². The van der Waals surface area contributed by atoms with Crippen LogP contribution in [0.25, 0.3) is 0 Å². The number of hydrogen-bond acceptors (Lipinski definition) is 4. The van der Waals surface area contributed by atoms with Crippen LogP contribution in [-0.2, 0) is 9.53 Å². The number of hydrogen-bond donors (Lipinski definition) is 2. The lowest BCUT2D eigenvalue weighted by Crippen LogP contribution is -2.54. The summed E-state index contributed by atoms with van der Waals surface area (Å²) in [6.07, 6.45) is 5.47. The van der Waals surface area contributed by atoms with Crippen LogP contribution in [0.5, 0.6) is 0 Å². The van der Waals surface area contributed by atoms with Crippen LogP contribution < -0.4 is 10.6 Å². The number of ether oxygens (including phenoxy) is 1. The van der Waals surface area contributed by atoms with Crippen molar-refractivity contribution in [3.63, 3.8) is 0 Å². The Bertz CT molecular complexity index is 294. The van der Waals surface area contributed by atoms with E-state index in [-0.39, 0.29) is 36.3 Å². The standard InChI is InChI=1S/C14H27N3O2.2ClH/c1-15-6-7-16-13(18)12-14(4-2-3-5-14)17-8-10-19-11-9-17;;/h15H,2-12H2,1H3,(H,16,18);2*1H. The third kappa shape index (κ3) is 5.91. The molecule has 0 aromatic carbocycles. The van der Waals surface area contributed by atoms with Gasteiger partial charge in [-0.05, 0) is 19.9 Å². The monoisotopic (exact) mass is 341 g/mol. The maximum Gasteiger partial charge on any atom is 0.221 e. The molecule has 1 heterocycles. The van der Waals surface area contributed by atoms with Gasteiger partial charge in [-0.3, -0.25) is 9.69 Å². The van der Waals surface area contributed by atoms with Crippen LogP contribution in [-0.4, -0.2) is 62.8 Å². The van der Waals surface area contributed by atoms with Gasteiger partial charge in [0.1, 0.15) is 0 Å². The van der Waals surface area contributed by atoms with Gasteiger partial charge in [0, 0.05) is 38.1 Å². The average Bonchev–Trinajstić information content (AvgIpc) is 2.90. The molecular weight excluding hydrogens is 313 g/mol. The van der Waals surface area contributed by atoms with Gasteiger partial charge in [-0.1, -0.05) is 12.8 Å². The molecule has 1 saturated carbocycles. The smallest absolute Gasteiger partial charge is 0.221 e. The van der Waals surface area contributed by atoms with Gasteiger partial charge in [0.25, 0.3) is 0 Å². The van der Waals surface area contributed by atoms with E-state index in [4.69, 9.17) is 4.74 Å². The van der Waals surface area contributed by atoms with Gasteiger partial charge in [0.05, 0.1) is 13.2 Å². The lowest BCUT2D eigenvalue weighted by molar-refractivity contribution is -0.125. The largest absolute Gasteiger partial charge is 0.379 e. The van der Waals surface area contributed by atoms with Crippen molar-refractivity contribution >= 4 is 30.7 Å². The summed E-state index contributed by atoms with van der Waals surface area (Å²) in [4.78, 5) is 14.6. The molecule has 2 aliphatic rings. The number of halogens is 2. The van der Waals surface area contributed by atoms with Crippen molar-refractivity contribution in [1.82, 2.24) is 15.5 Å². The molecule has 7 heteroatoms. The van der Waals surface area contributed by atoms with Gasteiger partial charge in [0.2, 0.25) is 5.91 Å². The van der Waals surface area contributed by atoms with Gasteiger partial charge in [0.15, 0.2) is 0 Å². The highest BCUT2D eigenvalue weighted by Gasteiger charge is 2.41. The summed E-state index contributed by atoms with van der Waals surface area (Å²) in [7, 11) is 1.90. The van der Waals surface area contributed by atoms with Crippen LogP contribution in [0, 0.1) is 0 Å². The fourth-order valence-corrected chi connectivity index (χ4v) is 3.36. The van der Waals surface area contributed by atoms with Gasteiger partial charge < -0.3 is 15.4 Å². The summed E-state index contributed by atoms with van der Waals surface area (Å²) in [5, 5.41) is 6.06. The fraction of sp³-hybridized carbons (Fsp3) is 0.929. The Morgan fingerprint density at radius 3 is 2.33 bits per heavy atom. The molecule has 0 radical (unpaired) electrons.